The number of pyridine rings is 2. The molecule has 0 amide bonds. The number of nitrogens with one attached hydrogen (secondary N) is 1. The van der Waals surface area contributed by atoms with Gasteiger partial charge in [-0.1, -0.05) is 12.1 Å². The van der Waals surface area contributed by atoms with Crippen LogP contribution in [0.4, 0.5) is 0 Å². The number of hydrogen-bond donors (Lipinski definition) is 1. The van der Waals surface area contributed by atoms with E-state index in [1.165, 1.54) is 0 Å². The van der Waals surface area contributed by atoms with Crippen molar-refractivity contribution in [2.75, 3.05) is 13.1 Å². The Morgan fingerprint density at radius 1 is 0.939 bits per heavy atom. The van der Waals surface area contributed by atoms with Crippen molar-refractivity contribution in [3.63, 3.8) is 0 Å². The smallest absolute Gasteiger partial charge is 0.317 e. The molecule has 0 unspecified atom stereocenters. The van der Waals surface area contributed by atoms with Gasteiger partial charge >= 0.3 is 5.69 Å². The van der Waals surface area contributed by atoms with Crippen LogP contribution in [0, 0.1) is 0 Å². The third-order valence-corrected chi connectivity index (χ3v) is 6.69. The summed E-state index contributed by atoms with van der Waals surface area (Å²) in [5.41, 5.74) is 6.71. The average molecular weight is 440 g/mol. The number of aryl methyl sites for hydroxylation is 2. The van der Waals surface area contributed by atoms with Gasteiger partial charge in [-0.25, -0.2) is 4.79 Å². The van der Waals surface area contributed by atoms with Crippen molar-refractivity contribution in [3.05, 3.63) is 65.6 Å². The highest BCUT2D eigenvalue weighted by Gasteiger charge is 2.23. The molecule has 1 aliphatic heterocycles. The zero-order chi connectivity index (χ0) is 22.5. The first-order chi connectivity index (χ1) is 16.1. The second-order valence-corrected chi connectivity index (χ2v) is 8.75. The molecule has 1 fully saturated rings. The first-order valence-electron chi connectivity index (χ1n) is 11.3. The molecule has 1 aromatic carbocycles. The van der Waals surface area contributed by atoms with Crippen LogP contribution in [-0.4, -0.2) is 42.0 Å². The normalized spacial score (nSPS) is 15.0. The molecule has 33 heavy (non-hydrogen) atoms. The van der Waals surface area contributed by atoms with Gasteiger partial charge < -0.3 is 5.32 Å². The lowest BCUT2D eigenvalue weighted by atomic mass is 10.0. The quantitative estimate of drug-likeness (QED) is 0.467. The van der Waals surface area contributed by atoms with Crippen LogP contribution >= 0.6 is 0 Å². The van der Waals surface area contributed by atoms with Crippen molar-refractivity contribution in [1.29, 1.82) is 0 Å². The SMILES string of the molecule is Cn1cc(-c2ccc(-c3ccc4ncc5c(c4c3)n(C3CCNCC3)c(=O)n5C)cn2)cn1. The van der Waals surface area contributed by atoms with Crippen molar-refractivity contribution < 1.29 is 0 Å². The number of aromatic nitrogens is 6. The van der Waals surface area contributed by atoms with Gasteiger partial charge in [0, 0.05) is 49.0 Å². The average Bonchev–Trinajstić information content (AvgIpc) is 3.40. The van der Waals surface area contributed by atoms with E-state index in [0.29, 0.717) is 0 Å². The van der Waals surface area contributed by atoms with Crippen LogP contribution in [0.3, 0.4) is 0 Å². The maximum Gasteiger partial charge on any atom is 0.329 e. The highest BCUT2D eigenvalue weighted by molar-refractivity contribution is 6.04. The molecule has 0 bridgehead atoms. The van der Waals surface area contributed by atoms with Crippen LogP contribution in [0.5, 0.6) is 0 Å². The van der Waals surface area contributed by atoms with Gasteiger partial charge in [-0.2, -0.15) is 5.10 Å². The van der Waals surface area contributed by atoms with Crippen molar-refractivity contribution in [2.45, 2.75) is 18.9 Å². The molecule has 4 aromatic heterocycles. The number of piperidine rings is 1. The summed E-state index contributed by atoms with van der Waals surface area (Å²) in [7, 11) is 3.73. The van der Waals surface area contributed by atoms with Crippen molar-refractivity contribution in [2.24, 2.45) is 14.1 Å². The van der Waals surface area contributed by atoms with E-state index in [0.717, 1.165) is 70.3 Å². The van der Waals surface area contributed by atoms with Crippen LogP contribution in [-0.2, 0) is 14.1 Å². The fraction of sp³-hybridized carbons (Fsp3) is 0.280. The molecule has 1 aliphatic rings. The Balaban J connectivity index is 1.50. The first-order valence-corrected chi connectivity index (χ1v) is 11.3. The van der Waals surface area contributed by atoms with Gasteiger partial charge in [0.15, 0.2) is 0 Å². The zero-order valence-electron chi connectivity index (χ0n) is 18.7. The third kappa shape index (κ3) is 3.25. The molecule has 5 aromatic rings. The molecule has 8 heteroatoms. The summed E-state index contributed by atoms with van der Waals surface area (Å²) in [6.07, 6.45) is 9.37. The highest BCUT2D eigenvalue weighted by atomic mass is 16.1. The molecule has 0 atom stereocenters. The van der Waals surface area contributed by atoms with Crippen LogP contribution in [0.1, 0.15) is 18.9 Å². The molecule has 166 valence electrons. The lowest BCUT2D eigenvalue weighted by Crippen LogP contribution is -2.34. The van der Waals surface area contributed by atoms with E-state index in [-0.39, 0.29) is 11.7 Å². The van der Waals surface area contributed by atoms with E-state index in [1.54, 1.807) is 9.25 Å². The number of rotatable bonds is 3. The first kappa shape index (κ1) is 19.9. The van der Waals surface area contributed by atoms with Gasteiger partial charge in [-0.05, 0) is 49.7 Å². The van der Waals surface area contributed by atoms with Crippen LogP contribution in [0.15, 0.2) is 59.9 Å². The number of nitrogens with zero attached hydrogens (tertiary/aromatic N) is 6. The van der Waals surface area contributed by atoms with Crippen LogP contribution < -0.4 is 11.0 Å². The van der Waals surface area contributed by atoms with Gasteiger partial charge in [0.25, 0.3) is 0 Å². The molecule has 0 aliphatic carbocycles. The topological polar surface area (TPSA) is 82.6 Å². The lowest BCUT2D eigenvalue weighted by Gasteiger charge is -2.24. The molecule has 1 saturated heterocycles. The van der Waals surface area contributed by atoms with E-state index in [4.69, 9.17) is 0 Å². The summed E-state index contributed by atoms with van der Waals surface area (Å²) in [5.74, 6) is 0. The molecule has 5 heterocycles. The lowest BCUT2D eigenvalue weighted by molar-refractivity contribution is 0.366. The van der Waals surface area contributed by atoms with Crippen molar-refractivity contribution >= 4 is 21.9 Å². The molecule has 0 saturated carbocycles. The number of fused-ring (bicyclic) bond motifs is 3. The molecule has 6 rings (SSSR count). The molecular formula is C25H25N7O. The fourth-order valence-corrected chi connectivity index (χ4v) is 4.90. The summed E-state index contributed by atoms with van der Waals surface area (Å²) in [6.45, 7) is 1.85. The van der Waals surface area contributed by atoms with Gasteiger partial charge in [-0.15, -0.1) is 0 Å². The number of benzene rings is 1. The number of hydrogen-bond acceptors (Lipinski definition) is 5. The Kier molecular flexibility index (Phi) is 4.62. The Hall–Kier alpha value is -3.78. The van der Waals surface area contributed by atoms with Crippen molar-refractivity contribution in [3.8, 4) is 22.4 Å². The molecule has 0 spiro atoms. The minimum Gasteiger partial charge on any atom is -0.317 e. The van der Waals surface area contributed by atoms with Gasteiger partial charge in [0.05, 0.1) is 34.6 Å². The Morgan fingerprint density at radius 3 is 2.48 bits per heavy atom. The van der Waals surface area contributed by atoms with Gasteiger partial charge in [0.2, 0.25) is 0 Å². The number of imidazole rings is 1. The fourth-order valence-electron chi connectivity index (χ4n) is 4.90. The van der Waals surface area contributed by atoms with E-state index < -0.39 is 0 Å². The summed E-state index contributed by atoms with van der Waals surface area (Å²) >= 11 is 0. The maximum absolute atomic E-state index is 13.2. The Labute approximate surface area is 190 Å². The monoisotopic (exact) mass is 439 g/mol. The second-order valence-electron chi connectivity index (χ2n) is 8.75. The van der Waals surface area contributed by atoms with Gasteiger partial charge in [0.1, 0.15) is 0 Å². The largest absolute Gasteiger partial charge is 0.329 e. The Bertz CT molecular complexity index is 1540. The standard InChI is InChI=1S/C25H25N7O/c1-30-15-18(13-29-30)21-5-4-17(12-27-21)16-3-6-22-20(11-16)24-23(14-28-22)31(2)25(33)32(24)19-7-9-26-10-8-19/h3-6,11-15,19,26H,7-10H2,1-2H3. The zero-order valence-corrected chi connectivity index (χ0v) is 18.7. The maximum atomic E-state index is 13.2. The summed E-state index contributed by atoms with van der Waals surface area (Å²) in [6, 6.07) is 10.5. The third-order valence-electron chi connectivity index (χ3n) is 6.69. The highest BCUT2D eigenvalue weighted by Crippen LogP contribution is 2.31. The van der Waals surface area contributed by atoms with Crippen LogP contribution in [0.2, 0.25) is 0 Å². The minimum absolute atomic E-state index is 0.0269. The molecule has 0 radical (unpaired) electrons. The minimum atomic E-state index is 0.0269. The Morgan fingerprint density at radius 2 is 1.76 bits per heavy atom. The summed E-state index contributed by atoms with van der Waals surface area (Å²) in [4.78, 5) is 22.5. The van der Waals surface area contributed by atoms with E-state index in [2.05, 4.69) is 38.6 Å². The molecule has 1 N–H and O–H groups in total. The summed E-state index contributed by atoms with van der Waals surface area (Å²) in [5, 5.41) is 8.62. The predicted molar refractivity (Wildman–Crippen MR) is 129 cm³/mol. The van der Waals surface area contributed by atoms with E-state index in [1.807, 2.05) is 55.6 Å². The van der Waals surface area contributed by atoms with E-state index >= 15 is 0 Å². The molecular weight excluding hydrogens is 414 g/mol. The van der Waals surface area contributed by atoms with Crippen LogP contribution in [0.25, 0.3) is 44.3 Å². The van der Waals surface area contributed by atoms with Crippen molar-refractivity contribution in [1.82, 2.24) is 34.2 Å². The van der Waals surface area contributed by atoms with E-state index in [9.17, 15) is 4.79 Å². The van der Waals surface area contributed by atoms with Gasteiger partial charge in [-0.3, -0.25) is 23.8 Å². The summed E-state index contributed by atoms with van der Waals surface area (Å²) < 4.78 is 5.49. The predicted octanol–water partition coefficient (Wildman–Crippen LogP) is 3.28. The molecule has 8 nitrogen and oxygen atoms in total. The second kappa shape index (κ2) is 7.67.